The van der Waals surface area contributed by atoms with Gasteiger partial charge >= 0.3 is 5.97 Å². The summed E-state index contributed by atoms with van der Waals surface area (Å²) in [6.07, 6.45) is 1.59. The van der Waals surface area contributed by atoms with Gasteiger partial charge < -0.3 is 14.6 Å². The molecule has 8 heteroatoms. The molecule has 0 aliphatic carbocycles. The third-order valence-electron chi connectivity index (χ3n) is 3.89. The van der Waals surface area contributed by atoms with Gasteiger partial charge in [0.15, 0.2) is 18.1 Å². The average Bonchev–Trinajstić information content (AvgIpc) is 2.93. The zero-order valence-electron chi connectivity index (χ0n) is 15.2. The summed E-state index contributed by atoms with van der Waals surface area (Å²) in [5.41, 5.74) is 2.09. The molecule has 2 amide bonds. The second-order valence-corrected chi connectivity index (χ2v) is 6.94. The fourth-order valence-corrected chi connectivity index (χ4v) is 3.48. The molecular formula is C20H17NO6S. The third-order valence-corrected chi connectivity index (χ3v) is 4.76. The Bertz CT molecular complexity index is 984. The van der Waals surface area contributed by atoms with Gasteiger partial charge in [-0.05, 0) is 60.2 Å². The molecule has 0 saturated carbocycles. The van der Waals surface area contributed by atoms with E-state index in [2.05, 4.69) is 0 Å². The maximum Gasteiger partial charge on any atom is 0.341 e. The number of nitrogens with zero attached hydrogens (tertiary/aromatic N) is 1. The second-order valence-electron chi connectivity index (χ2n) is 5.95. The molecule has 1 aliphatic heterocycles. The highest BCUT2D eigenvalue weighted by atomic mass is 32.2. The lowest BCUT2D eigenvalue weighted by molar-refractivity contribution is -0.139. The zero-order chi connectivity index (χ0) is 20.3. The normalized spacial score (nSPS) is 15.2. The molecule has 0 bridgehead atoms. The molecule has 0 atom stereocenters. The number of carboxylic acid groups (broad SMARTS) is 1. The van der Waals surface area contributed by atoms with Crippen LogP contribution in [0.15, 0.2) is 47.4 Å². The lowest BCUT2D eigenvalue weighted by Gasteiger charge is -2.12. The number of anilines is 1. The Morgan fingerprint density at radius 2 is 1.96 bits per heavy atom. The Balaban J connectivity index is 1.86. The van der Waals surface area contributed by atoms with Crippen LogP contribution in [0.2, 0.25) is 0 Å². The van der Waals surface area contributed by atoms with Crippen molar-refractivity contribution in [1.82, 2.24) is 0 Å². The summed E-state index contributed by atoms with van der Waals surface area (Å²) in [6, 6.07) is 12.0. The first-order valence-electron chi connectivity index (χ1n) is 8.26. The van der Waals surface area contributed by atoms with E-state index in [1.165, 1.54) is 7.11 Å². The molecule has 1 N–H and O–H groups in total. The minimum absolute atomic E-state index is 0.273. The summed E-state index contributed by atoms with van der Waals surface area (Å²) >= 11 is 0.858. The number of rotatable bonds is 6. The molecule has 3 rings (SSSR count). The Hall–Kier alpha value is -3.26. The van der Waals surface area contributed by atoms with Crippen LogP contribution in [0, 0.1) is 6.92 Å². The highest BCUT2D eigenvalue weighted by Crippen LogP contribution is 2.37. The van der Waals surface area contributed by atoms with Crippen molar-refractivity contribution in [1.29, 1.82) is 0 Å². The number of ether oxygens (including phenoxy) is 2. The number of aliphatic carboxylic acids is 1. The van der Waals surface area contributed by atoms with Crippen molar-refractivity contribution >= 4 is 40.6 Å². The van der Waals surface area contributed by atoms with Gasteiger partial charge in [-0.15, -0.1) is 0 Å². The average molecular weight is 399 g/mol. The van der Waals surface area contributed by atoms with E-state index in [4.69, 9.17) is 14.6 Å². The van der Waals surface area contributed by atoms with Gasteiger partial charge in [0, 0.05) is 0 Å². The molecule has 0 spiro atoms. The van der Waals surface area contributed by atoms with E-state index in [-0.39, 0.29) is 15.9 Å². The number of imide groups is 1. The van der Waals surface area contributed by atoms with Gasteiger partial charge in [0.1, 0.15) is 0 Å². The van der Waals surface area contributed by atoms with Gasteiger partial charge in [-0.25, -0.2) is 9.69 Å². The second kappa shape index (κ2) is 8.18. The molecule has 0 unspecified atom stereocenters. The quantitative estimate of drug-likeness (QED) is 0.740. The largest absolute Gasteiger partial charge is 0.493 e. The number of methoxy groups -OCH3 is 1. The van der Waals surface area contributed by atoms with Crippen molar-refractivity contribution in [3.05, 3.63) is 58.5 Å². The summed E-state index contributed by atoms with van der Waals surface area (Å²) in [7, 11) is 1.43. The first kappa shape index (κ1) is 19.5. The predicted molar refractivity (Wildman–Crippen MR) is 106 cm³/mol. The molecule has 7 nitrogen and oxygen atoms in total. The number of amides is 2. The van der Waals surface area contributed by atoms with Gasteiger partial charge in [-0.1, -0.05) is 18.2 Å². The first-order chi connectivity index (χ1) is 13.4. The molecule has 28 heavy (non-hydrogen) atoms. The molecule has 1 saturated heterocycles. The minimum Gasteiger partial charge on any atom is -0.493 e. The van der Waals surface area contributed by atoms with Crippen molar-refractivity contribution in [2.75, 3.05) is 18.6 Å². The molecule has 1 fully saturated rings. The van der Waals surface area contributed by atoms with Crippen LogP contribution < -0.4 is 14.4 Å². The van der Waals surface area contributed by atoms with Crippen LogP contribution in [0.25, 0.3) is 6.08 Å². The zero-order valence-corrected chi connectivity index (χ0v) is 16.0. The van der Waals surface area contributed by atoms with Gasteiger partial charge in [0.25, 0.3) is 11.1 Å². The van der Waals surface area contributed by atoms with Crippen molar-refractivity contribution < 1.29 is 29.0 Å². The van der Waals surface area contributed by atoms with Gasteiger partial charge in [-0.2, -0.15) is 0 Å². The van der Waals surface area contributed by atoms with Gasteiger partial charge in [0.2, 0.25) is 0 Å². The van der Waals surface area contributed by atoms with Gasteiger partial charge in [-0.3, -0.25) is 9.59 Å². The van der Waals surface area contributed by atoms with Crippen LogP contribution in [0.4, 0.5) is 10.5 Å². The Kier molecular flexibility index (Phi) is 5.70. The van der Waals surface area contributed by atoms with Crippen molar-refractivity contribution in [2.45, 2.75) is 6.92 Å². The van der Waals surface area contributed by atoms with Crippen molar-refractivity contribution in [2.24, 2.45) is 0 Å². The molecule has 2 aromatic carbocycles. The molecule has 144 valence electrons. The summed E-state index contributed by atoms with van der Waals surface area (Å²) in [5.74, 6) is -0.899. The van der Waals surface area contributed by atoms with E-state index in [0.717, 1.165) is 22.2 Å². The predicted octanol–water partition coefficient (Wildman–Crippen LogP) is 3.71. The molecule has 1 aliphatic rings. The van der Waals surface area contributed by atoms with Crippen molar-refractivity contribution in [3.63, 3.8) is 0 Å². The van der Waals surface area contributed by atoms with E-state index in [9.17, 15) is 14.4 Å². The van der Waals surface area contributed by atoms with E-state index < -0.39 is 18.5 Å². The maximum absolute atomic E-state index is 12.7. The summed E-state index contributed by atoms with van der Waals surface area (Å²) in [5, 5.41) is 8.35. The summed E-state index contributed by atoms with van der Waals surface area (Å²) in [6.45, 7) is 1.39. The van der Waals surface area contributed by atoms with Crippen LogP contribution in [-0.4, -0.2) is 35.9 Å². The standard InChI is InChI=1S/C20H17NO6S/c1-12-4-3-5-14(8-12)21-19(24)17(28-20(21)25)10-13-6-7-15(16(9-13)26-2)27-11-18(22)23/h3-10H,11H2,1-2H3,(H,22,23)/b17-10+. The van der Waals surface area contributed by atoms with E-state index in [1.807, 2.05) is 13.0 Å². The van der Waals surface area contributed by atoms with Crippen LogP contribution in [0.1, 0.15) is 11.1 Å². The fourth-order valence-electron chi connectivity index (χ4n) is 2.64. The molecule has 1 heterocycles. The number of hydrogen-bond donors (Lipinski definition) is 1. The topological polar surface area (TPSA) is 93.1 Å². The van der Waals surface area contributed by atoms with Crippen LogP contribution >= 0.6 is 11.8 Å². The lowest BCUT2D eigenvalue weighted by atomic mass is 10.1. The number of carbonyl (C=O) groups is 3. The maximum atomic E-state index is 12.7. The number of hydrogen-bond acceptors (Lipinski definition) is 6. The molecule has 0 aromatic heterocycles. The SMILES string of the molecule is COc1cc(/C=C2/SC(=O)N(c3cccc(C)c3)C2=O)ccc1OCC(=O)O. The first-order valence-corrected chi connectivity index (χ1v) is 9.08. The number of benzene rings is 2. The highest BCUT2D eigenvalue weighted by Gasteiger charge is 2.36. The number of thioether (sulfide) groups is 1. The fraction of sp³-hybridized carbons (Fsp3) is 0.150. The minimum atomic E-state index is -1.10. The Morgan fingerprint density at radius 3 is 2.64 bits per heavy atom. The van der Waals surface area contributed by atoms with Gasteiger partial charge in [0.05, 0.1) is 17.7 Å². The summed E-state index contributed by atoms with van der Waals surface area (Å²) in [4.78, 5) is 37.2. The molecule has 2 aromatic rings. The van der Waals surface area contributed by atoms with E-state index >= 15 is 0 Å². The molecule has 0 radical (unpaired) electrons. The Morgan fingerprint density at radius 1 is 1.18 bits per heavy atom. The number of carboxylic acids is 1. The smallest absolute Gasteiger partial charge is 0.341 e. The monoisotopic (exact) mass is 399 g/mol. The lowest BCUT2D eigenvalue weighted by Crippen LogP contribution is -2.27. The number of carbonyl (C=O) groups excluding carboxylic acids is 2. The molecular weight excluding hydrogens is 382 g/mol. The van der Waals surface area contributed by atoms with Crippen LogP contribution in [0.3, 0.4) is 0 Å². The van der Waals surface area contributed by atoms with Crippen LogP contribution in [0.5, 0.6) is 11.5 Å². The third kappa shape index (κ3) is 4.17. The van der Waals surface area contributed by atoms with Crippen molar-refractivity contribution in [3.8, 4) is 11.5 Å². The van der Waals surface area contributed by atoms with E-state index in [0.29, 0.717) is 17.0 Å². The number of aryl methyl sites for hydroxylation is 1. The van der Waals surface area contributed by atoms with Crippen LogP contribution in [-0.2, 0) is 9.59 Å². The Labute approximate surface area is 165 Å². The summed E-state index contributed by atoms with van der Waals surface area (Å²) < 4.78 is 10.4. The highest BCUT2D eigenvalue weighted by molar-refractivity contribution is 8.19. The van der Waals surface area contributed by atoms with E-state index in [1.54, 1.807) is 42.5 Å².